The lowest BCUT2D eigenvalue weighted by Crippen LogP contribution is -1.82. The molecule has 0 saturated heterocycles. The molecule has 0 amide bonds. The highest BCUT2D eigenvalue weighted by Crippen LogP contribution is 2.40. The van der Waals surface area contributed by atoms with Crippen LogP contribution in [0.15, 0.2) is 48.5 Å². The molecule has 0 unspecified atom stereocenters. The summed E-state index contributed by atoms with van der Waals surface area (Å²) in [6.45, 7) is 2.10. The average molecular weight is 286 g/mol. The maximum Gasteiger partial charge on any atom is 0.0620 e. The molecule has 0 fully saturated rings. The van der Waals surface area contributed by atoms with Gasteiger partial charge in [0.1, 0.15) is 0 Å². The minimum atomic E-state index is -2.10. The van der Waals surface area contributed by atoms with Crippen LogP contribution in [0, 0.1) is 20.7 Å². The second-order valence-corrected chi connectivity index (χ2v) is 6.30. The standard InChI is InChI=1S/C21H17N/c1-12-4-6-15-17-8-14(3)9-18-16-7-5-13(2)11-20(16)22(21(17)18)19(15)10-12/h4-11H,1-3H3/i1D3. The Kier molecular flexibility index (Phi) is 1.64. The highest BCUT2D eigenvalue weighted by Gasteiger charge is 2.17. The van der Waals surface area contributed by atoms with Gasteiger partial charge in [-0.3, -0.25) is 0 Å². The van der Waals surface area contributed by atoms with Crippen molar-refractivity contribution in [2.24, 2.45) is 0 Å². The molecular formula is C21H17N. The Bertz CT molecular complexity index is 1290. The molecule has 0 atom stereocenters. The van der Waals surface area contributed by atoms with Crippen molar-refractivity contribution in [2.45, 2.75) is 20.7 Å². The van der Waals surface area contributed by atoms with E-state index in [1.165, 1.54) is 32.8 Å². The molecule has 2 aromatic heterocycles. The number of aryl methyl sites for hydroxylation is 3. The third-order valence-corrected chi connectivity index (χ3v) is 4.69. The molecule has 0 radical (unpaired) electrons. The number of aromatic nitrogens is 1. The summed E-state index contributed by atoms with van der Waals surface area (Å²) >= 11 is 0. The molecule has 0 aliphatic heterocycles. The van der Waals surface area contributed by atoms with Gasteiger partial charge in [0.05, 0.1) is 16.6 Å². The van der Waals surface area contributed by atoms with Crippen LogP contribution in [-0.4, -0.2) is 4.40 Å². The highest BCUT2D eigenvalue weighted by atomic mass is 14.9. The van der Waals surface area contributed by atoms with E-state index in [0.717, 1.165) is 16.4 Å². The van der Waals surface area contributed by atoms with E-state index in [0.29, 0.717) is 5.56 Å². The topological polar surface area (TPSA) is 4.41 Å². The van der Waals surface area contributed by atoms with Gasteiger partial charge in [-0.1, -0.05) is 24.3 Å². The van der Waals surface area contributed by atoms with Crippen molar-refractivity contribution in [2.75, 3.05) is 0 Å². The van der Waals surface area contributed by atoms with E-state index in [1.54, 1.807) is 6.07 Å². The normalized spacial score (nSPS) is 14.9. The largest absolute Gasteiger partial charge is 0.308 e. The Balaban J connectivity index is 2.11. The summed E-state index contributed by atoms with van der Waals surface area (Å²) in [5.41, 5.74) is 6.10. The van der Waals surface area contributed by atoms with Crippen LogP contribution in [-0.2, 0) is 0 Å². The summed E-state index contributed by atoms with van der Waals surface area (Å²) in [7, 11) is 0. The molecule has 0 spiro atoms. The van der Waals surface area contributed by atoms with Gasteiger partial charge >= 0.3 is 0 Å². The summed E-state index contributed by atoms with van der Waals surface area (Å²) < 4.78 is 25.5. The van der Waals surface area contributed by atoms with Gasteiger partial charge in [-0.2, -0.15) is 0 Å². The summed E-state index contributed by atoms with van der Waals surface area (Å²) in [4.78, 5) is 0. The minimum Gasteiger partial charge on any atom is -0.308 e. The fraction of sp³-hybridized carbons (Fsp3) is 0.143. The van der Waals surface area contributed by atoms with Crippen LogP contribution in [0.4, 0.5) is 0 Å². The van der Waals surface area contributed by atoms with Crippen LogP contribution in [0.3, 0.4) is 0 Å². The number of hydrogen-bond acceptors (Lipinski definition) is 0. The van der Waals surface area contributed by atoms with E-state index in [-0.39, 0.29) is 0 Å². The maximum atomic E-state index is 7.76. The van der Waals surface area contributed by atoms with Gasteiger partial charge in [-0.25, -0.2) is 0 Å². The SMILES string of the molecule is [2H]C([2H])([2H])c1ccc2c3cc(C)cc4c5ccc(C)cc5n(c2c1)c43. The zero-order chi connectivity index (χ0) is 17.5. The van der Waals surface area contributed by atoms with Crippen molar-refractivity contribution in [3.8, 4) is 0 Å². The van der Waals surface area contributed by atoms with Gasteiger partial charge in [-0.15, -0.1) is 0 Å². The fourth-order valence-electron chi connectivity index (χ4n) is 3.80. The number of rotatable bonds is 0. The highest BCUT2D eigenvalue weighted by molar-refractivity contribution is 6.23. The number of fused-ring (bicyclic) bond motifs is 6. The van der Waals surface area contributed by atoms with E-state index in [1.807, 2.05) is 12.1 Å². The molecule has 0 aliphatic rings. The molecular weight excluding hydrogens is 266 g/mol. The first-order chi connectivity index (χ1) is 11.8. The minimum absolute atomic E-state index is 0.387. The molecule has 0 saturated carbocycles. The van der Waals surface area contributed by atoms with Crippen molar-refractivity contribution < 1.29 is 4.11 Å². The van der Waals surface area contributed by atoms with E-state index < -0.39 is 6.85 Å². The molecule has 106 valence electrons. The molecule has 1 nitrogen and oxygen atoms in total. The van der Waals surface area contributed by atoms with Gasteiger partial charge in [0, 0.05) is 25.7 Å². The molecule has 0 aliphatic carbocycles. The fourth-order valence-corrected chi connectivity index (χ4v) is 3.80. The smallest absolute Gasteiger partial charge is 0.0620 e. The maximum absolute atomic E-state index is 7.76. The van der Waals surface area contributed by atoms with Crippen LogP contribution in [0.5, 0.6) is 0 Å². The summed E-state index contributed by atoms with van der Waals surface area (Å²) in [6.07, 6.45) is 0. The van der Waals surface area contributed by atoms with Crippen LogP contribution in [0.25, 0.3) is 38.1 Å². The molecule has 3 aromatic carbocycles. The first kappa shape index (κ1) is 9.47. The second kappa shape index (κ2) is 3.80. The Morgan fingerprint density at radius 1 is 0.682 bits per heavy atom. The third kappa shape index (κ3) is 1.34. The molecule has 0 bridgehead atoms. The third-order valence-electron chi connectivity index (χ3n) is 4.69. The van der Waals surface area contributed by atoms with Crippen LogP contribution in [0.2, 0.25) is 0 Å². The van der Waals surface area contributed by atoms with E-state index in [2.05, 4.69) is 48.6 Å². The summed E-state index contributed by atoms with van der Waals surface area (Å²) in [5.74, 6) is 0. The zero-order valence-corrected chi connectivity index (χ0v) is 12.6. The molecule has 5 rings (SSSR count). The predicted molar refractivity (Wildman–Crippen MR) is 95.3 cm³/mol. The van der Waals surface area contributed by atoms with Gasteiger partial charge in [0.2, 0.25) is 0 Å². The summed E-state index contributed by atoms with van der Waals surface area (Å²) in [5, 5.41) is 4.75. The van der Waals surface area contributed by atoms with Crippen LogP contribution >= 0.6 is 0 Å². The monoisotopic (exact) mass is 286 g/mol. The molecule has 5 aromatic rings. The second-order valence-electron chi connectivity index (χ2n) is 6.30. The Labute approximate surface area is 133 Å². The first-order valence-electron chi connectivity index (χ1n) is 9.05. The first-order valence-corrected chi connectivity index (χ1v) is 7.55. The summed E-state index contributed by atoms with van der Waals surface area (Å²) in [6, 6.07) is 16.4. The van der Waals surface area contributed by atoms with E-state index in [9.17, 15) is 0 Å². The van der Waals surface area contributed by atoms with Gasteiger partial charge in [-0.05, 0) is 61.7 Å². The van der Waals surface area contributed by atoms with Gasteiger partial charge in [0.15, 0.2) is 0 Å². The van der Waals surface area contributed by atoms with Crippen molar-refractivity contribution in [3.63, 3.8) is 0 Å². The Morgan fingerprint density at radius 2 is 1.27 bits per heavy atom. The van der Waals surface area contributed by atoms with Crippen LogP contribution in [0.1, 0.15) is 20.8 Å². The van der Waals surface area contributed by atoms with E-state index >= 15 is 0 Å². The molecule has 2 heterocycles. The number of benzene rings is 3. The Hall–Kier alpha value is -2.54. The molecule has 22 heavy (non-hydrogen) atoms. The van der Waals surface area contributed by atoms with E-state index in [4.69, 9.17) is 4.11 Å². The van der Waals surface area contributed by atoms with Gasteiger partial charge < -0.3 is 4.40 Å². The van der Waals surface area contributed by atoms with Crippen molar-refractivity contribution in [1.82, 2.24) is 4.40 Å². The quantitative estimate of drug-likeness (QED) is 0.341. The average Bonchev–Trinajstić information content (AvgIpc) is 3.03. The van der Waals surface area contributed by atoms with Gasteiger partial charge in [0.25, 0.3) is 0 Å². The number of hydrogen-bond donors (Lipinski definition) is 0. The lowest BCUT2D eigenvalue weighted by molar-refractivity contribution is 1.34. The van der Waals surface area contributed by atoms with Crippen molar-refractivity contribution in [3.05, 3.63) is 65.2 Å². The molecule has 0 N–H and O–H groups in total. The lowest BCUT2D eigenvalue weighted by atomic mass is 10.0. The van der Waals surface area contributed by atoms with Crippen molar-refractivity contribution >= 4 is 38.1 Å². The van der Waals surface area contributed by atoms with Crippen LogP contribution < -0.4 is 0 Å². The zero-order valence-electron chi connectivity index (χ0n) is 15.6. The lowest BCUT2D eigenvalue weighted by Gasteiger charge is -2.00. The molecule has 1 heteroatoms. The Morgan fingerprint density at radius 3 is 1.91 bits per heavy atom. The van der Waals surface area contributed by atoms with Crippen molar-refractivity contribution in [1.29, 1.82) is 0 Å². The number of nitrogens with zero attached hydrogens (tertiary/aromatic N) is 1. The predicted octanol–water partition coefficient (Wildman–Crippen LogP) is 5.76.